The van der Waals surface area contributed by atoms with Crippen molar-refractivity contribution < 1.29 is 0 Å². The number of rotatable bonds is 1. The molecule has 0 spiro atoms. The second kappa shape index (κ2) is 2.53. The molecule has 0 aromatic carbocycles. The second-order valence-electron chi connectivity index (χ2n) is 2.74. The van der Waals surface area contributed by atoms with Crippen LogP contribution in [0.15, 0.2) is 5.38 Å². The normalized spacial score (nSPS) is 11.5. The Morgan fingerprint density at radius 2 is 2.27 bits per heavy atom. The molecule has 2 heterocycles. The molecule has 0 N–H and O–H groups in total. The summed E-state index contributed by atoms with van der Waals surface area (Å²) in [5.74, 6) is 0.571. The van der Waals surface area contributed by atoms with E-state index in [9.17, 15) is 0 Å². The van der Waals surface area contributed by atoms with E-state index in [-0.39, 0.29) is 0 Å². The smallest absolute Gasteiger partial charge is 0.120 e. The summed E-state index contributed by atoms with van der Waals surface area (Å²) < 4.78 is 5.12. The van der Waals surface area contributed by atoms with Crippen molar-refractivity contribution in [2.75, 3.05) is 0 Å². The lowest BCUT2D eigenvalue weighted by atomic mass is 10.2. The molecule has 0 atom stereocenters. The summed E-state index contributed by atoms with van der Waals surface area (Å²) >= 11 is 3.26. The van der Waals surface area contributed by atoms with Gasteiger partial charge in [-0.1, -0.05) is 18.3 Å². The van der Waals surface area contributed by atoms with E-state index in [4.69, 9.17) is 0 Å². The van der Waals surface area contributed by atoms with Crippen LogP contribution in [0.25, 0.3) is 10.2 Å². The number of aromatic nitrogens is 2. The number of hydrogen-bond donors (Lipinski definition) is 0. The van der Waals surface area contributed by atoms with Gasteiger partial charge < -0.3 is 0 Å². The van der Waals surface area contributed by atoms with Crippen LogP contribution in [0.4, 0.5) is 0 Å². The van der Waals surface area contributed by atoms with Crippen molar-refractivity contribution in [2.24, 2.45) is 0 Å². The van der Waals surface area contributed by atoms with Crippen molar-refractivity contribution in [3.63, 3.8) is 0 Å². The van der Waals surface area contributed by atoms with Crippen molar-refractivity contribution in [2.45, 2.75) is 19.8 Å². The lowest BCUT2D eigenvalue weighted by Crippen LogP contribution is -1.81. The molecule has 0 unspecified atom stereocenters. The Kier molecular flexibility index (Phi) is 1.65. The maximum atomic E-state index is 4.08. The van der Waals surface area contributed by atoms with Crippen molar-refractivity contribution in [1.82, 2.24) is 9.59 Å². The van der Waals surface area contributed by atoms with E-state index >= 15 is 0 Å². The number of thiophene rings is 1. The minimum atomic E-state index is 0.571. The van der Waals surface area contributed by atoms with Crippen LogP contribution in [0.5, 0.6) is 0 Å². The highest BCUT2D eigenvalue weighted by atomic mass is 32.1. The van der Waals surface area contributed by atoms with Crippen LogP contribution in [0.3, 0.4) is 0 Å². The van der Waals surface area contributed by atoms with Crippen LogP contribution in [0.2, 0.25) is 0 Å². The summed E-state index contributed by atoms with van der Waals surface area (Å²) in [6.45, 7) is 4.37. The van der Waals surface area contributed by atoms with E-state index in [1.807, 2.05) is 0 Å². The molecule has 0 aliphatic rings. The number of nitrogens with zero attached hydrogens (tertiary/aromatic N) is 2. The first kappa shape index (κ1) is 7.18. The third-order valence-corrected chi connectivity index (χ3v) is 3.66. The van der Waals surface area contributed by atoms with Gasteiger partial charge in [0.1, 0.15) is 5.52 Å². The van der Waals surface area contributed by atoms with Gasteiger partial charge in [-0.3, -0.25) is 0 Å². The van der Waals surface area contributed by atoms with Gasteiger partial charge in [0.25, 0.3) is 0 Å². The fourth-order valence-electron chi connectivity index (χ4n) is 1.03. The fraction of sp³-hybridized carbons (Fsp3) is 0.429. The molecular formula is C7H8N2S2. The summed E-state index contributed by atoms with van der Waals surface area (Å²) in [5.41, 5.74) is 1.11. The minimum absolute atomic E-state index is 0.571. The van der Waals surface area contributed by atoms with Crippen LogP contribution < -0.4 is 0 Å². The standard InChI is InChI=1S/C7H8N2S2/c1-4(2)7-6-5(3-10-7)11-9-8-6/h3-4H,1-2H3. The van der Waals surface area contributed by atoms with Gasteiger partial charge in [0.05, 0.1) is 4.70 Å². The Morgan fingerprint density at radius 1 is 1.45 bits per heavy atom. The predicted octanol–water partition coefficient (Wildman–Crippen LogP) is 2.88. The minimum Gasteiger partial charge on any atom is -0.145 e. The first-order valence-electron chi connectivity index (χ1n) is 3.48. The van der Waals surface area contributed by atoms with Crippen molar-refractivity contribution in [3.8, 4) is 0 Å². The average Bonchev–Trinajstić information content (AvgIpc) is 2.41. The largest absolute Gasteiger partial charge is 0.145 e. The molecule has 4 heteroatoms. The number of hydrogen-bond acceptors (Lipinski definition) is 4. The monoisotopic (exact) mass is 184 g/mol. The highest BCUT2D eigenvalue weighted by Gasteiger charge is 2.10. The summed E-state index contributed by atoms with van der Waals surface area (Å²) in [6.07, 6.45) is 0. The van der Waals surface area contributed by atoms with Gasteiger partial charge in [0.15, 0.2) is 0 Å². The van der Waals surface area contributed by atoms with E-state index in [2.05, 4.69) is 28.8 Å². The van der Waals surface area contributed by atoms with Gasteiger partial charge in [0, 0.05) is 10.3 Å². The van der Waals surface area contributed by atoms with Crippen LogP contribution >= 0.6 is 22.9 Å². The third kappa shape index (κ3) is 1.06. The van der Waals surface area contributed by atoms with Crippen molar-refractivity contribution >= 4 is 33.1 Å². The molecule has 0 saturated carbocycles. The van der Waals surface area contributed by atoms with E-state index in [1.54, 1.807) is 11.3 Å². The van der Waals surface area contributed by atoms with E-state index in [1.165, 1.54) is 21.1 Å². The molecule has 2 aromatic heterocycles. The van der Waals surface area contributed by atoms with Gasteiger partial charge >= 0.3 is 0 Å². The molecule has 2 rings (SSSR count). The van der Waals surface area contributed by atoms with E-state index in [0.29, 0.717) is 5.92 Å². The Hall–Kier alpha value is -0.480. The zero-order chi connectivity index (χ0) is 7.84. The van der Waals surface area contributed by atoms with Gasteiger partial charge in [-0.2, -0.15) is 0 Å². The topological polar surface area (TPSA) is 25.8 Å². The fourth-order valence-corrected chi connectivity index (χ4v) is 2.74. The Balaban J connectivity index is 2.68. The number of fused-ring (bicyclic) bond motifs is 1. The molecule has 2 nitrogen and oxygen atoms in total. The molecule has 2 aromatic rings. The first-order valence-corrected chi connectivity index (χ1v) is 5.14. The van der Waals surface area contributed by atoms with Crippen molar-refractivity contribution in [1.29, 1.82) is 0 Å². The van der Waals surface area contributed by atoms with E-state index < -0.39 is 0 Å². The van der Waals surface area contributed by atoms with Crippen LogP contribution in [0.1, 0.15) is 24.6 Å². The summed E-state index contributed by atoms with van der Waals surface area (Å²) in [4.78, 5) is 1.36. The van der Waals surface area contributed by atoms with Crippen LogP contribution in [0, 0.1) is 0 Å². The van der Waals surface area contributed by atoms with Gasteiger partial charge in [-0.15, -0.1) is 16.4 Å². The quantitative estimate of drug-likeness (QED) is 0.681. The lowest BCUT2D eigenvalue weighted by Gasteiger charge is -1.96. The van der Waals surface area contributed by atoms with Crippen LogP contribution in [-0.2, 0) is 0 Å². The first-order chi connectivity index (χ1) is 5.29. The van der Waals surface area contributed by atoms with Gasteiger partial charge in [0.2, 0.25) is 0 Å². The highest BCUT2D eigenvalue weighted by molar-refractivity contribution is 7.19. The lowest BCUT2D eigenvalue weighted by molar-refractivity contribution is 0.892. The summed E-state index contributed by atoms with van der Waals surface area (Å²) in [6, 6.07) is 0. The molecule has 0 radical (unpaired) electrons. The van der Waals surface area contributed by atoms with E-state index in [0.717, 1.165) is 5.52 Å². The molecule has 0 aliphatic heterocycles. The molecule has 0 aliphatic carbocycles. The maximum Gasteiger partial charge on any atom is 0.120 e. The third-order valence-electron chi connectivity index (χ3n) is 1.56. The Labute approximate surface area is 73.0 Å². The molecule has 58 valence electrons. The molecular weight excluding hydrogens is 176 g/mol. The Bertz CT molecular complexity index is 361. The summed E-state index contributed by atoms with van der Waals surface area (Å²) in [7, 11) is 0. The zero-order valence-corrected chi connectivity index (χ0v) is 8.00. The zero-order valence-electron chi connectivity index (χ0n) is 6.37. The van der Waals surface area contributed by atoms with Gasteiger partial charge in [-0.25, -0.2) is 0 Å². The Morgan fingerprint density at radius 3 is 3.00 bits per heavy atom. The van der Waals surface area contributed by atoms with Gasteiger partial charge in [-0.05, 0) is 17.5 Å². The SMILES string of the molecule is CC(C)c1scc2snnc12. The molecule has 0 amide bonds. The van der Waals surface area contributed by atoms with Crippen molar-refractivity contribution in [3.05, 3.63) is 10.3 Å². The highest BCUT2D eigenvalue weighted by Crippen LogP contribution is 2.31. The average molecular weight is 184 g/mol. The molecule has 0 fully saturated rings. The van der Waals surface area contributed by atoms with Crippen LogP contribution in [-0.4, -0.2) is 9.59 Å². The summed E-state index contributed by atoms with van der Waals surface area (Å²) in [5, 5.41) is 6.21. The second-order valence-corrected chi connectivity index (χ2v) is 4.44. The maximum absolute atomic E-state index is 4.08. The molecule has 11 heavy (non-hydrogen) atoms. The molecule has 0 saturated heterocycles. The predicted molar refractivity (Wildman–Crippen MR) is 49.4 cm³/mol. The molecule has 0 bridgehead atoms.